The van der Waals surface area contributed by atoms with Crippen LogP contribution in [0.4, 0.5) is 5.69 Å². The third kappa shape index (κ3) is 2.90. The van der Waals surface area contributed by atoms with Gasteiger partial charge in [-0.2, -0.15) is 0 Å². The first-order valence-electron chi connectivity index (χ1n) is 6.55. The first-order valence-corrected chi connectivity index (χ1v) is 7.31. The molecule has 0 fully saturated rings. The largest absolute Gasteiger partial charge is 0.398 e. The number of hydrogen-bond acceptors (Lipinski definition) is 1. The molecule has 3 rings (SSSR count). The fraction of sp³-hybridized carbons (Fsp3) is 0. The Hall–Kier alpha value is -1.96. The minimum atomic E-state index is 0.710. The van der Waals surface area contributed by atoms with Crippen molar-refractivity contribution in [1.82, 2.24) is 0 Å². The molecule has 0 aliphatic carbocycles. The second-order valence-corrected chi connectivity index (χ2v) is 5.66. The maximum Gasteiger partial charge on any atom is 0.0406 e. The van der Waals surface area contributed by atoms with Gasteiger partial charge in [-0.3, -0.25) is 0 Å². The molecule has 1 nitrogen and oxygen atoms in total. The van der Waals surface area contributed by atoms with Gasteiger partial charge in [0.1, 0.15) is 0 Å². The van der Waals surface area contributed by atoms with Crippen LogP contribution in [-0.4, -0.2) is 0 Å². The molecule has 2 N–H and O–H groups in total. The molecule has 0 atom stereocenters. The number of benzene rings is 3. The molecule has 0 amide bonds. The van der Waals surface area contributed by atoms with Crippen molar-refractivity contribution in [2.45, 2.75) is 0 Å². The minimum Gasteiger partial charge on any atom is -0.398 e. The average molecular weight is 314 g/mol. The van der Waals surface area contributed by atoms with Gasteiger partial charge < -0.3 is 5.73 Å². The molecule has 0 radical (unpaired) electrons. The number of nitrogen functional groups attached to an aromatic ring is 1. The molecular formula is C18H13Cl2N. The van der Waals surface area contributed by atoms with E-state index in [1.807, 2.05) is 60.7 Å². The van der Waals surface area contributed by atoms with Gasteiger partial charge in [0.25, 0.3) is 0 Å². The summed E-state index contributed by atoms with van der Waals surface area (Å²) in [4.78, 5) is 0. The van der Waals surface area contributed by atoms with Crippen LogP contribution in [0.1, 0.15) is 0 Å². The standard InChI is InChI=1S/C18H13Cl2N/c19-14-8-4-12(5-9-14)16-2-1-3-17(21)18(16)13-6-10-15(20)11-7-13/h1-11H,21H2. The van der Waals surface area contributed by atoms with Gasteiger partial charge in [0.15, 0.2) is 0 Å². The molecule has 0 spiro atoms. The van der Waals surface area contributed by atoms with Gasteiger partial charge in [0.05, 0.1) is 0 Å². The molecule has 104 valence electrons. The summed E-state index contributed by atoms with van der Waals surface area (Å²) in [6.45, 7) is 0. The molecule has 0 aliphatic heterocycles. The lowest BCUT2D eigenvalue weighted by atomic mass is 9.93. The second kappa shape index (κ2) is 5.80. The zero-order valence-electron chi connectivity index (χ0n) is 11.2. The van der Waals surface area contributed by atoms with Gasteiger partial charge in [0.2, 0.25) is 0 Å². The molecule has 0 heterocycles. The summed E-state index contributed by atoms with van der Waals surface area (Å²) in [6, 6.07) is 21.4. The summed E-state index contributed by atoms with van der Waals surface area (Å²) in [7, 11) is 0. The molecule has 0 aromatic heterocycles. The Morgan fingerprint density at radius 1 is 0.619 bits per heavy atom. The van der Waals surface area contributed by atoms with Gasteiger partial charge in [-0.25, -0.2) is 0 Å². The van der Waals surface area contributed by atoms with Gasteiger partial charge in [-0.1, -0.05) is 59.6 Å². The van der Waals surface area contributed by atoms with Gasteiger partial charge in [-0.05, 0) is 47.0 Å². The van der Waals surface area contributed by atoms with Crippen molar-refractivity contribution in [3.8, 4) is 22.3 Å². The summed E-state index contributed by atoms with van der Waals surface area (Å²) in [5, 5.41) is 1.43. The molecule has 0 bridgehead atoms. The quantitative estimate of drug-likeness (QED) is 0.585. The van der Waals surface area contributed by atoms with E-state index in [9.17, 15) is 0 Å². The number of halogens is 2. The topological polar surface area (TPSA) is 26.0 Å². The molecule has 3 aromatic rings. The van der Waals surface area contributed by atoms with E-state index in [1.54, 1.807) is 0 Å². The molecule has 21 heavy (non-hydrogen) atoms. The first-order chi connectivity index (χ1) is 10.1. The van der Waals surface area contributed by atoms with E-state index < -0.39 is 0 Å². The third-order valence-corrected chi connectivity index (χ3v) is 3.89. The molecule has 0 saturated carbocycles. The van der Waals surface area contributed by atoms with Crippen molar-refractivity contribution in [2.75, 3.05) is 5.73 Å². The SMILES string of the molecule is Nc1cccc(-c2ccc(Cl)cc2)c1-c1ccc(Cl)cc1. The zero-order chi connectivity index (χ0) is 14.8. The Balaban J connectivity index is 2.20. The summed E-state index contributed by atoms with van der Waals surface area (Å²) in [6.07, 6.45) is 0. The molecular weight excluding hydrogens is 301 g/mol. The average Bonchev–Trinajstić information content (AvgIpc) is 2.49. The van der Waals surface area contributed by atoms with Crippen LogP contribution < -0.4 is 5.73 Å². The van der Waals surface area contributed by atoms with E-state index in [1.165, 1.54) is 0 Å². The van der Waals surface area contributed by atoms with Gasteiger partial charge >= 0.3 is 0 Å². The fourth-order valence-corrected chi connectivity index (χ4v) is 2.63. The molecule has 3 aromatic carbocycles. The Kier molecular flexibility index (Phi) is 3.87. The number of rotatable bonds is 2. The lowest BCUT2D eigenvalue weighted by Crippen LogP contribution is -1.93. The van der Waals surface area contributed by atoms with Gasteiger partial charge in [-0.15, -0.1) is 0 Å². The number of nitrogens with two attached hydrogens (primary N) is 1. The molecule has 3 heteroatoms. The van der Waals surface area contributed by atoms with E-state index in [0.717, 1.165) is 33.0 Å². The summed E-state index contributed by atoms with van der Waals surface area (Å²) in [5.41, 5.74) is 11.2. The van der Waals surface area contributed by atoms with Crippen LogP contribution in [0.2, 0.25) is 10.0 Å². The van der Waals surface area contributed by atoms with E-state index in [0.29, 0.717) is 5.02 Å². The van der Waals surface area contributed by atoms with Crippen molar-refractivity contribution >= 4 is 28.9 Å². The monoisotopic (exact) mass is 313 g/mol. The summed E-state index contributed by atoms with van der Waals surface area (Å²) < 4.78 is 0. The highest BCUT2D eigenvalue weighted by molar-refractivity contribution is 6.31. The second-order valence-electron chi connectivity index (χ2n) is 4.78. The van der Waals surface area contributed by atoms with Gasteiger partial charge in [0, 0.05) is 21.3 Å². The maximum absolute atomic E-state index is 6.20. The maximum atomic E-state index is 6.20. The van der Waals surface area contributed by atoms with E-state index >= 15 is 0 Å². The van der Waals surface area contributed by atoms with Crippen LogP contribution in [-0.2, 0) is 0 Å². The highest BCUT2D eigenvalue weighted by Gasteiger charge is 2.10. The van der Waals surface area contributed by atoms with Crippen LogP contribution in [0.3, 0.4) is 0 Å². The van der Waals surface area contributed by atoms with Crippen LogP contribution >= 0.6 is 23.2 Å². The van der Waals surface area contributed by atoms with Crippen molar-refractivity contribution in [1.29, 1.82) is 0 Å². The highest BCUT2D eigenvalue weighted by Crippen LogP contribution is 2.37. The third-order valence-electron chi connectivity index (χ3n) is 3.38. The number of anilines is 1. The predicted octanol–water partition coefficient (Wildman–Crippen LogP) is 5.91. The van der Waals surface area contributed by atoms with Crippen LogP contribution in [0.25, 0.3) is 22.3 Å². The molecule has 0 saturated heterocycles. The lowest BCUT2D eigenvalue weighted by molar-refractivity contribution is 1.57. The zero-order valence-corrected chi connectivity index (χ0v) is 12.7. The lowest BCUT2D eigenvalue weighted by Gasteiger charge is -2.13. The Morgan fingerprint density at radius 3 is 1.71 bits per heavy atom. The molecule has 0 unspecified atom stereocenters. The Bertz CT molecular complexity index is 762. The van der Waals surface area contributed by atoms with Crippen LogP contribution in [0, 0.1) is 0 Å². The summed E-state index contributed by atoms with van der Waals surface area (Å²) >= 11 is 11.9. The van der Waals surface area contributed by atoms with Crippen molar-refractivity contribution in [3.63, 3.8) is 0 Å². The Labute approximate surface area is 133 Å². The minimum absolute atomic E-state index is 0.710. The Morgan fingerprint density at radius 2 is 1.14 bits per heavy atom. The van der Waals surface area contributed by atoms with E-state index in [-0.39, 0.29) is 0 Å². The predicted molar refractivity (Wildman–Crippen MR) is 91.7 cm³/mol. The highest BCUT2D eigenvalue weighted by atomic mass is 35.5. The van der Waals surface area contributed by atoms with Crippen LogP contribution in [0.5, 0.6) is 0 Å². The smallest absolute Gasteiger partial charge is 0.0406 e. The van der Waals surface area contributed by atoms with Crippen molar-refractivity contribution < 1.29 is 0 Å². The first kappa shape index (κ1) is 14.0. The van der Waals surface area contributed by atoms with Crippen molar-refractivity contribution in [2.24, 2.45) is 0 Å². The normalized spacial score (nSPS) is 10.6. The van der Waals surface area contributed by atoms with E-state index in [2.05, 4.69) is 6.07 Å². The van der Waals surface area contributed by atoms with Crippen molar-refractivity contribution in [3.05, 3.63) is 76.8 Å². The van der Waals surface area contributed by atoms with E-state index in [4.69, 9.17) is 28.9 Å². The fourth-order valence-electron chi connectivity index (χ4n) is 2.38. The van der Waals surface area contributed by atoms with Crippen LogP contribution in [0.15, 0.2) is 66.7 Å². The molecule has 0 aliphatic rings. The number of hydrogen-bond donors (Lipinski definition) is 1. The summed E-state index contributed by atoms with van der Waals surface area (Å²) in [5.74, 6) is 0.